The number of hydrogen-bond donors (Lipinski definition) is 1. The molecular weight excluding hydrogens is 216 g/mol. The minimum absolute atomic E-state index is 0.0107. The number of nitrogens with zero attached hydrogens (tertiary/aromatic N) is 1. The fourth-order valence-electron chi connectivity index (χ4n) is 1.37. The molecule has 17 heavy (non-hydrogen) atoms. The van der Waals surface area contributed by atoms with Crippen LogP contribution in [0.25, 0.3) is 0 Å². The van der Waals surface area contributed by atoms with Crippen molar-refractivity contribution in [3.63, 3.8) is 0 Å². The van der Waals surface area contributed by atoms with Crippen LogP contribution in [0.5, 0.6) is 5.75 Å². The quantitative estimate of drug-likeness (QED) is 0.870. The number of ether oxygens (including phenoxy) is 1. The van der Waals surface area contributed by atoms with Crippen molar-refractivity contribution in [1.82, 2.24) is 0 Å². The summed E-state index contributed by atoms with van der Waals surface area (Å²) in [5.41, 5.74) is 5.89. The van der Waals surface area contributed by atoms with Gasteiger partial charge in [0.1, 0.15) is 11.4 Å². The maximum atomic E-state index is 11.4. The molecule has 0 atom stereocenters. The van der Waals surface area contributed by atoms with E-state index in [0.29, 0.717) is 0 Å². The second-order valence-electron chi connectivity index (χ2n) is 4.87. The van der Waals surface area contributed by atoms with Crippen LogP contribution in [-0.4, -0.2) is 25.1 Å². The summed E-state index contributed by atoms with van der Waals surface area (Å²) in [5.74, 6) is 0.671. The molecule has 2 N–H and O–H groups in total. The maximum absolute atomic E-state index is 11.4. The second kappa shape index (κ2) is 5.19. The van der Waals surface area contributed by atoms with Crippen molar-refractivity contribution in [2.24, 2.45) is 5.73 Å². The number of hydrogen-bond acceptors (Lipinski definition) is 3. The topological polar surface area (TPSA) is 55.6 Å². The van der Waals surface area contributed by atoms with Gasteiger partial charge in [0.25, 0.3) is 0 Å². The van der Waals surface area contributed by atoms with E-state index < -0.39 is 0 Å². The lowest BCUT2D eigenvalue weighted by molar-refractivity contribution is -0.117. The molecule has 0 bridgehead atoms. The van der Waals surface area contributed by atoms with Crippen LogP contribution in [0.3, 0.4) is 0 Å². The first kappa shape index (κ1) is 13.5. The van der Waals surface area contributed by atoms with Crippen LogP contribution in [-0.2, 0) is 4.79 Å². The number of likely N-dealkylation sites (N-methyl/N-ethyl adjacent to an activating group) is 1. The summed E-state index contributed by atoms with van der Waals surface area (Å²) >= 11 is 0. The van der Waals surface area contributed by atoms with E-state index in [2.05, 4.69) is 0 Å². The summed E-state index contributed by atoms with van der Waals surface area (Å²) in [6, 6.07) is 7.38. The van der Waals surface area contributed by atoms with Crippen molar-refractivity contribution >= 4 is 11.6 Å². The van der Waals surface area contributed by atoms with Gasteiger partial charge in [-0.1, -0.05) is 0 Å². The van der Waals surface area contributed by atoms with E-state index in [9.17, 15) is 4.79 Å². The van der Waals surface area contributed by atoms with E-state index in [0.717, 1.165) is 11.4 Å². The predicted octanol–water partition coefficient (Wildman–Crippen LogP) is 1.79. The second-order valence-corrected chi connectivity index (χ2v) is 4.87. The fraction of sp³-hybridized carbons (Fsp3) is 0.462. The molecular formula is C13H20N2O2. The van der Waals surface area contributed by atoms with E-state index in [-0.39, 0.29) is 18.1 Å². The smallest absolute Gasteiger partial charge is 0.240 e. The number of carbonyl (C=O) groups excluding carboxylic acids is 1. The molecule has 1 amide bonds. The number of anilines is 1. The van der Waals surface area contributed by atoms with Gasteiger partial charge in [-0.25, -0.2) is 0 Å². The molecule has 0 aromatic heterocycles. The summed E-state index contributed by atoms with van der Waals surface area (Å²) in [4.78, 5) is 12.9. The zero-order chi connectivity index (χ0) is 13.1. The normalized spacial score (nSPS) is 11.1. The van der Waals surface area contributed by atoms with Crippen LogP contribution in [0.2, 0.25) is 0 Å². The molecule has 94 valence electrons. The van der Waals surface area contributed by atoms with Crippen molar-refractivity contribution in [3.05, 3.63) is 24.3 Å². The first-order chi connectivity index (χ1) is 7.83. The van der Waals surface area contributed by atoms with Crippen molar-refractivity contribution in [2.45, 2.75) is 26.4 Å². The first-order valence-electron chi connectivity index (χ1n) is 5.59. The molecule has 1 aromatic carbocycles. The molecule has 0 spiro atoms. The maximum Gasteiger partial charge on any atom is 0.240 e. The lowest BCUT2D eigenvalue weighted by atomic mass is 10.2. The average molecular weight is 236 g/mol. The van der Waals surface area contributed by atoms with Gasteiger partial charge in [-0.15, -0.1) is 0 Å². The van der Waals surface area contributed by atoms with Crippen LogP contribution < -0.4 is 15.4 Å². The highest BCUT2D eigenvalue weighted by atomic mass is 16.5. The molecule has 1 aromatic rings. The summed E-state index contributed by atoms with van der Waals surface area (Å²) in [6.45, 7) is 5.98. The molecule has 0 unspecified atom stereocenters. The van der Waals surface area contributed by atoms with Gasteiger partial charge in [0, 0.05) is 12.7 Å². The average Bonchev–Trinajstić information content (AvgIpc) is 2.26. The zero-order valence-corrected chi connectivity index (χ0v) is 10.9. The number of nitrogens with two attached hydrogens (primary N) is 1. The summed E-state index contributed by atoms with van der Waals surface area (Å²) < 4.78 is 5.70. The molecule has 0 saturated heterocycles. The summed E-state index contributed by atoms with van der Waals surface area (Å²) in [7, 11) is 1.70. The molecule has 4 heteroatoms. The van der Waals surface area contributed by atoms with Crippen molar-refractivity contribution in [1.29, 1.82) is 0 Å². The lowest BCUT2D eigenvalue weighted by Crippen LogP contribution is -2.32. The number of rotatable bonds is 3. The van der Waals surface area contributed by atoms with E-state index in [1.54, 1.807) is 7.05 Å². The van der Waals surface area contributed by atoms with Gasteiger partial charge < -0.3 is 15.4 Å². The molecule has 0 aliphatic carbocycles. The third-order valence-electron chi connectivity index (χ3n) is 2.20. The van der Waals surface area contributed by atoms with Gasteiger partial charge in [0.15, 0.2) is 0 Å². The number of benzene rings is 1. The molecule has 0 fully saturated rings. The Morgan fingerprint density at radius 1 is 1.29 bits per heavy atom. The molecule has 0 heterocycles. The van der Waals surface area contributed by atoms with Crippen LogP contribution >= 0.6 is 0 Å². The van der Waals surface area contributed by atoms with E-state index in [1.165, 1.54) is 4.90 Å². The number of amides is 1. The third kappa shape index (κ3) is 4.07. The van der Waals surface area contributed by atoms with Crippen LogP contribution in [0.4, 0.5) is 5.69 Å². The van der Waals surface area contributed by atoms with Crippen LogP contribution in [0, 0.1) is 0 Å². The van der Waals surface area contributed by atoms with Gasteiger partial charge in [0.05, 0.1) is 6.54 Å². The Balaban J connectivity index is 2.78. The summed E-state index contributed by atoms with van der Waals surface area (Å²) in [5, 5.41) is 0. The van der Waals surface area contributed by atoms with Crippen molar-refractivity contribution in [3.8, 4) is 5.75 Å². The van der Waals surface area contributed by atoms with Gasteiger partial charge in [-0.05, 0) is 45.0 Å². The Morgan fingerprint density at radius 2 is 1.82 bits per heavy atom. The molecule has 0 radical (unpaired) electrons. The zero-order valence-electron chi connectivity index (χ0n) is 10.9. The lowest BCUT2D eigenvalue weighted by Gasteiger charge is -2.22. The van der Waals surface area contributed by atoms with Crippen molar-refractivity contribution in [2.75, 3.05) is 18.5 Å². The van der Waals surface area contributed by atoms with Gasteiger partial charge >= 0.3 is 0 Å². The highest BCUT2D eigenvalue weighted by molar-refractivity contribution is 5.94. The third-order valence-corrected chi connectivity index (χ3v) is 2.20. The molecule has 0 aliphatic rings. The number of carbonyl (C=O) groups is 1. The standard InChI is InChI=1S/C13H20N2O2/c1-13(2,3)17-11-7-5-10(6-8-11)15(4)12(16)9-14/h5-8H,9,14H2,1-4H3. The SMILES string of the molecule is CN(C(=O)CN)c1ccc(OC(C)(C)C)cc1. The van der Waals surface area contributed by atoms with Crippen LogP contribution in [0.15, 0.2) is 24.3 Å². The predicted molar refractivity (Wildman–Crippen MR) is 69.3 cm³/mol. The minimum Gasteiger partial charge on any atom is -0.488 e. The monoisotopic (exact) mass is 236 g/mol. The van der Waals surface area contributed by atoms with Gasteiger partial charge in [-0.2, -0.15) is 0 Å². The van der Waals surface area contributed by atoms with E-state index in [4.69, 9.17) is 10.5 Å². The molecule has 0 saturated carbocycles. The van der Waals surface area contributed by atoms with Crippen LogP contribution in [0.1, 0.15) is 20.8 Å². The Morgan fingerprint density at radius 3 is 2.24 bits per heavy atom. The molecule has 0 aliphatic heterocycles. The van der Waals surface area contributed by atoms with Gasteiger partial charge in [-0.3, -0.25) is 4.79 Å². The first-order valence-corrected chi connectivity index (χ1v) is 5.59. The highest BCUT2D eigenvalue weighted by Gasteiger charge is 2.12. The highest BCUT2D eigenvalue weighted by Crippen LogP contribution is 2.22. The van der Waals surface area contributed by atoms with E-state index >= 15 is 0 Å². The largest absolute Gasteiger partial charge is 0.488 e. The molecule has 1 rings (SSSR count). The Labute approximate surface area is 102 Å². The van der Waals surface area contributed by atoms with Gasteiger partial charge in [0.2, 0.25) is 5.91 Å². The van der Waals surface area contributed by atoms with Crippen molar-refractivity contribution < 1.29 is 9.53 Å². The Bertz CT molecular complexity index is 379. The Hall–Kier alpha value is -1.55. The fourth-order valence-corrected chi connectivity index (χ4v) is 1.37. The van der Waals surface area contributed by atoms with E-state index in [1.807, 2.05) is 45.0 Å². The molecule has 4 nitrogen and oxygen atoms in total. The Kier molecular flexibility index (Phi) is 4.12. The minimum atomic E-state index is -0.222. The summed E-state index contributed by atoms with van der Waals surface area (Å²) in [6.07, 6.45) is 0.